The first-order valence-electron chi connectivity index (χ1n) is 9.65. The maximum atomic E-state index is 13.9. The molecule has 1 unspecified atom stereocenters. The molecule has 1 atom stereocenters. The summed E-state index contributed by atoms with van der Waals surface area (Å²) in [5, 5.41) is 6.80. The van der Waals surface area contributed by atoms with Gasteiger partial charge in [-0.2, -0.15) is 5.10 Å². The Morgan fingerprint density at radius 1 is 1.23 bits per heavy atom. The number of rotatable bonds is 6. The summed E-state index contributed by atoms with van der Waals surface area (Å²) < 4.78 is 22.1. The Morgan fingerprint density at radius 2 is 2.07 bits per heavy atom. The highest BCUT2D eigenvalue weighted by Crippen LogP contribution is 2.25. The maximum absolute atomic E-state index is 13.9. The van der Waals surface area contributed by atoms with E-state index >= 15 is 0 Å². The quantitative estimate of drug-likeness (QED) is 0.528. The molecule has 0 saturated carbocycles. The lowest BCUT2D eigenvalue weighted by Crippen LogP contribution is -2.26. The number of hydrogen-bond donors (Lipinski definition) is 1. The van der Waals surface area contributed by atoms with Crippen molar-refractivity contribution in [2.45, 2.75) is 26.3 Å². The van der Waals surface area contributed by atoms with Gasteiger partial charge < -0.3 is 4.74 Å². The maximum Gasteiger partial charge on any atom is 0.334 e. The summed E-state index contributed by atoms with van der Waals surface area (Å²) in [7, 11) is 1.48. The van der Waals surface area contributed by atoms with Crippen molar-refractivity contribution in [3.63, 3.8) is 0 Å². The predicted molar refractivity (Wildman–Crippen MR) is 112 cm³/mol. The summed E-state index contributed by atoms with van der Waals surface area (Å²) in [5.74, 6) is 0.535. The zero-order valence-electron chi connectivity index (χ0n) is 17.0. The molecule has 1 aromatic carbocycles. The van der Waals surface area contributed by atoms with Crippen LogP contribution in [0.4, 0.5) is 4.39 Å². The number of imidazole rings is 1. The first-order chi connectivity index (χ1) is 14.5. The molecule has 0 fully saturated rings. The van der Waals surface area contributed by atoms with Crippen molar-refractivity contribution in [3.05, 3.63) is 82.7 Å². The Morgan fingerprint density at radius 3 is 2.77 bits per heavy atom. The van der Waals surface area contributed by atoms with E-state index in [1.54, 1.807) is 29.2 Å². The van der Waals surface area contributed by atoms with E-state index in [-0.39, 0.29) is 11.7 Å². The number of nitrogens with one attached hydrogen (secondary N) is 1. The molecule has 4 rings (SSSR count). The molecule has 8 heteroatoms. The number of aromatic nitrogens is 5. The van der Waals surface area contributed by atoms with E-state index in [1.165, 1.54) is 23.8 Å². The Kier molecular flexibility index (Phi) is 5.22. The molecule has 0 radical (unpaired) electrons. The fourth-order valence-corrected chi connectivity index (χ4v) is 3.52. The van der Waals surface area contributed by atoms with E-state index in [0.717, 1.165) is 16.8 Å². The van der Waals surface area contributed by atoms with Crippen LogP contribution < -0.4 is 10.4 Å². The van der Waals surface area contributed by atoms with Crippen molar-refractivity contribution in [3.8, 4) is 22.7 Å². The fourth-order valence-electron chi connectivity index (χ4n) is 3.52. The number of nitrogens with zero attached hydrogens (tertiary/aromatic N) is 4. The van der Waals surface area contributed by atoms with Gasteiger partial charge in [0.05, 0.1) is 25.0 Å². The molecular formula is C22H22FN5O2. The van der Waals surface area contributed by atoms with Gasteiger partial charge >= 0.3 is 5.69 Å². The van der Waals surface area contributed by atoms with Gasteiger partial charge in [0.25, 0.3) is 0 Å². The van der Waals surface area contributed by atoms with Crippen LogP contribution in [0.15, 0.2) is 59.9 Å². The van der Waals surface area contributed by atoms with Crippen molar-refractivity contribution < 1.29 is 9.13 Å². The third-order valence-electron chi connectivity index (χ3n) is 5.18. The van der Waals surface area contributed by atoms with Gasteiger partial charge in [0.2, 0.25) is 0 Å². The van der Waals surface area contributed by atoms with Gasteiger partial charge in [0, 0.05) is 35.8 Å². The number of halogens is 1. The van der Waals surface area contributed by atoms with Gasteiger partial charge in [-0.25, -0.2) is 14.2 Å². The van der Waals surface area contributed by atoms with Gasteiger partial charge in [-0.15, -0.1) is 0 Å². The normalized spacial score (nSPS) is 12.1. The zero-order valence-corrected chi connectivity index (χ0v) is 17.0. The molecule has 30 heavy (non-hydrogen) atoms. The monoisotopic (exact) mass is 407 g/mol. The van der Waals surface area contributed by atoms with Crippen LogP contribution in [0.3, 0.4) is 0 Å². The summed E-state index contributed by atoms with van der Waals surface area (Å²) in [6.45, 7) is 3.86. The minimum Gasteiger partial charge on any atom is -0.497 e. The summed E-state index contributed by atoms with van der Waals surface area (Å²) in [5.41, 5.74) is 3.18. The summed E-state index contributed by atoms with van der Waals surface area (Å²) in [6, 6.07) is 7.82. The number of aromatic amines is 1. The summed E-state index contributed by atoms with van der Waals surface area (Å²) in [4.78, 5) is 17.8. The molecular weight excluding hydrogens is 385 g/mol. The second-order valence-corrected chi connectivity index (χ2v) is 6.96. The van der Waals surface area contributed by atoms with Gasteiger partial charge in [0.1, 0.15) is 17.4 Å². The molecule has 0 amide bonds. The number of ether oxygens (including phenoxy) is 1. The molecule has 3 aromatic heterocycles. The minimum atomic E-state index is -0.409. The summed E-state index contributed by atoms with van der Waals surface area (Å²) >= 11 is 0. The molecule has 4 aromatic rings. The predicted octanol–water partition coefficient (Wildman–Crippen LogP) is 3.74. The third kappa shape index (κ3) is 3.52. The topological polar surface area (TPSA) is 77.7 Å². The lowest BCUT2D eigenvalue weighted by molar-refractivity contribution is 0.409. The number of H-pyrrole nitrogens is 1. The average molecular weight is 407 g/mol. The van der Waals surface area contributed by atoms with Crippen molar-refractivity contribution in [2.24, 2.45) is 0 Å². The molecule has 1 N–H and O–H groups in total. The smallest absolute Gasteiger partial charge is 0.334 e. The Labute approximate surface area is 172 Å². The van der Waals surface area contributed by atoms with Crippen LogP contribution >= 0.6 is 0 Å². The van der Waals surface area contributed by atoms with Gasteiger partial charge in [-0.3, -0.25) is 14.2 Å². The summed E-state index contributed by atoms with van der Waals surface area (Å²) in [6.07, 6.45) is 7.63. The number of hydrogen-bond acceptors (Lipinski definition) is 4. The van der Waals surface area contributed by atoms with Crippen LogP contribution in [-0.4, -0.2) is 31.4 Å². The van der Waals surface area contributed by atoms with Gasteiger partial charge in [0.15, 0.2) is 0 Å². The van der Waals surface area contributed by atoms with E-state index < -0.39 is 5.82 Å². The van der Waals surface area contributed by atoms with E-state index in [9.17, 15) is 9.18 Å². The number of methoxy groups -OCH3 is 1. The first-order valence-corrected chi connectivity index (χ1v) is 9.65. The molecule has 0 aliphatic carbocycles. The highest BCUT2D eigenvalue weighted by atomic mass is 19.1. The van der Waals surface area contributed by atoms with Crippen molar-refractivity contribution in [2.75, 3.05) is 7.11 Å². The van der Waals surface area contributed by atoms with E-state index in [1.807, 2.05) is 32.2 Å². The molecule has 3 heterocycles. The molecule has 0 spiro atoms. The molecule has 154 valence electrons. The van der Waals surface area contributed by atoms with Crippen LogP contribution in [0.2, 0.25) is 0 Å². The molecule has 0 saturated heterocycles. The van der Waals surface area contributed by atoms with E-state index in [4.69, 9.17) is 9.72 Å². The largest absolute Gasteiger partial charge is 0.497 e. The number of aryl methyl sites for hydroxylation is 1. The lowest BCUT2D eigenvalue weighted by atomic mass is 10.1. The Hall–Kier alpha value is -3.68. The highest BCUT2D eigenvalue weighted by Gasteiger charge is 2.16. The fraction of sp³-hybridized carbons (Fsp3) is 0.227. The van der Waals surface area contributed by atoms with Crippen LogP contribution in [0.5, 0.6) is 5.75 Å². The van der Waals surface area contributed by atoms with Crippen molar-refractivity contribution in [1.29, 1.82) is 0 Å². The SMILES string of the molecule is CCc1nc(-n2ccn(C(C)c3cc(F)cc(OC)c3)c2=O)ccc1-c1cn[nH]c1. The van der Waals surface area contributed by atoms with Gasteiger partial charge in [-0.1, -0.05) is 6.92 Å². The van der Waals surface area contributed by atoms with Crippen LogP contribution in [0, 0.1) is 5.82 Å². The highest BCUT2D eigenvalue weighted by molar-refractivity contribution is 5.65. The molecule has 0 aliphatic heterocycles. The minimum absolute atomic E-state index is 0.253. The van der Waals surface area contributed by atoms with Gasteiger partial charge in [-0.05, 0) is 43.2 Å². The van der Waals surface area contributed by atoms with E-state index in [2.05, 4.69) is 10.2 Å². The second kappa shape index (κ2) is 7.98. The van der Waals surface area contributed by atoms with Crippen molar-refractivity contribution >= 4 is 0 Å². The zero-order chi connectivity index (χ0) is 21.3. The third-order valence-corrected chi connectivity index (χ3v) is 5.18. The standard InChI is InChI=1S/C22H22FN5O2/c1-4-20-19(16-12-24-25-13-16)5-6-21(26-20)28-8-7-27(22(28)29)14(2)15-9-17(23)11-18(10-15)30-3/h5-14H,4H2,1-3H3,(H,24,25). The van der Waals surface area contributed by atoms with Crippen LogP contribution in [-0.2, 0) is 6.42 Å². The lowest BCUT2D eigenvalue weighted by Gasteiger charge is -2.14. The average Bonchev–Trinajstić information content (AvgIpc) is 3.42. The Balaban J connectivity index is 1.72. The Bertz CT molecular complexity index is 1230. The number of benzene rings is 1. The molecule has 0 aliphatic rings. The van der Waals surface area contributed by atoms with Crippen molar-refractivity contribution in [1.82, 2.24) is 24.3 Å². The first kappa shape index (κ1) is 19.6. The number of pyridine rings is 1. The second-order valence-electron chi connectivity index (χ2n) is 6.96. The molecule has 0 bridgehead atoms. The van der Waals surface area contributed by atoms with Crippen LogP contribution in [0.25, 0.3) is 16.9 Å². The molecule has 7 nitrogen and oxygen atoms in total. The van der Waals surface area contributed by atoms with Crippen LogP contribution in [0.1, 0.15) is 31.1 Å². The van der Waals surface area contributed by atoms with E-state index in [0.29, 0.717) is 23.6 Å².